The van der Waals surface area contributed by atoms with Gasteiger partial charge in [-0.25, -0.2) is 0 Å². The molecular formula is C23H23ClO5. The summed E-state index contributed by atoms with van der Waals surface area (Å²) in [5, 5.41) is 0.516. The Morgan fingerprint density at radius 2 is 1.72 bits per heavy atom. The van der Waals surface area contributed by atoms with E-state index < -0.39 is 35.3 Å². The van der Waals surface area contributed by atoms with E-state index in [4.69, 9.17) is 21.1 Å². The van der Waals surface area contributed by atoms with Gasteiger partial charge in [0.2, 0.25) is 0 Å². The SMILES string of the molecule is CCOC(=O)[C@@H]1C(=O)OC(C)(C)[C@@H]1[C@H](C(=O)c1ccc(Cl)cc1)c1ccccc1. The summed E-state index contributed by atoms with van der Waals surface area (Å²) in [6.07, 6.45) is 0. The van der Waals surface area contributed by atoms with Gasteiger partial charge in [-0.3, -0.25) is 14.4 Å². The van der Waals surface area contributed by atoms with Crippen LogP contribution >= 0.6 is 11.6 Å². The van der Waals surface area contributed by atoms with Gasteiger partial charge in [0.15, 0.2) is 11.7 Å². The first kappa shape index (κ1) is 21.1. The van der Waals surface area contributed by atoms with Crippen molar-refractivity contribution in [2.75, 3.05) is 6.61 Å². The third-order valence-corrected chi connectivity index (χ3v) is 5.50. The van der Waals surface area contributed by atoms with Gasteiger partial charge in [0.05, 0.1) is 12.5 Å². The largest absolute Gasteiger partial charge is 0.465 e. The Bertz CT molecular complexity index is 905. The minimum absolute atomic E-state index is 0.136. The molecule has 1 fully saturated rings. The van der Waals surface area contributed by atoms with Gasteiger partial charge >= 0.3 is 11.9 Å². The van der Waals surface area contributed by atoms with Crippen LogP contribution in [0.25, 0.3) is 0 Å². The Balaban J connectivity index is 2.13. The Morgan fingerprint density at radius 1 is 1.10 bits per heavy atom. The van der Waals surface area contributed by atoms with Crippen molar-refractivity contribution in [2.45, 2.75) is 32.3 Å². The van der Waals surface area contributed by atoms with Crippen molar-refractivity contribution < 1.29 is 23.9 Å². The number of halogens is 1. The molecular weight excluding hydrogens is 392 g/mol. The molecule has 0 amide bonds. The van der Waals surface area contributed by atoms with Crippen molar-refractivity contribution >= 4 is 29.3 Å². The minimum atomic E-state index is -1.17. The van der Waals surface area contributed by atoms with E-state index in [1.54, 1.807) is 45.0 Å². The molecule has 3 rings (SSSR count). The summed E-state index contributed by atoms with van der Waals surface area (Å²) < 4.78 is 10.7. The van der Waals surface area contributed by atoms with E-state index in [1.807, 2.05) is 30.3 Å². The number of hydrogen-bond donors (Lipinski definition) is 0. The van der Waals surface area contributed by atoms with Crippen LogP contribution in [0, 0.1) is 11.8 Å². The number of cyclic esters (lactones) is 1. The van der Waals surface area contributed by atoms with Gasteiger partial charge in [-0.05, 0) is 50.6 Å². The Kier molecular flexibility index (Phi) is 6.08. The van der Waals surface area contributed by atoms with Crippen LogP contribution in [-0.4, -0.2) is 29.9 Å². The number of esters is 2. The summed E-state index contributed by atoms with van der Waals surface area (Å²) in [4.78, 5) is 38.8. The molecule has 29 heavy (non-hydrogen) atoms. The van der Waals surface area contributed by atoms with Gasteiger partial charge in [0, 0.05) is 16.5 Å². The molecule has 2 aromatic rings. The summed E-state index contributed by atoms with van der Waals surface area (Å²) in [6.45, 7) is 5.25. The average molecular weight is 415 g/mol. The van der Waals surface area contributed by atoms with Crippen molar-refractivity contribution in [1.82, 2.24) is 0 Å². The highest BCUT2D eigenvalue weighted by Crippen LogP contribution is 2.47. The summed E-state index contributed by atoms with van der Waals surface area (Å²) in [5.74, 6) is -4.21. The molecule has 5 nitrogen and oxygen atoms in total. The third kappa shape index (κ3) is 4.20. The lowest BCUT2D eigenvalue weighted by molar-refractivity contribution is -0.157. The van der Waals surface area contributed by atoms with Crippen LogP contribution in [0.2, 0.25) is 5.02 Å². The summed E-state index contributed by atoms with van der Waals surface area (Å²) in [6, 6.07) is 15.7. The number of Topliss-reactive ketones (excluding diaryl/α,β-unsaturated/α-hetero) is 1. The first-order valence-electron chi connectivity index (χ1n) is 9.50. The van der Waals surface area contributed by atoms with Crippen LogP contribution < -0.4 is 0 Å². The molecule has 1 aliphatic heterocycles. The first-order chi connectivity index (χ1) is 13.8. The van der Waals surface area contributed by atoms with Crippen LogP contribution in [-0.2, 0) is 19.1 Å². The number of hydrogen-bond acceptors (Lipinski definition) is 5. The van der Waals surface area contributed by atoms with Crippen LogP contribution in [0.5, 0.6) is 0 Å². The van der Waals surface area contributed by atoms with Crippen molar-refractivity contribution in [3.8, 4) is 0 Å². The van der Waals surface area contributed by atoms with E-state index in [9.17, 15) is 14.4 Å². The van der Waals surface area contributed by atoms with Gasteiger partial charge in [0.1, 0.15) is 5.60 Å². The quantitative estimate of drug-likeness (QED) is 0.397. The number of benzene rings is 2. The standard InChI is InChI=1S/C23H23ClO5/c1-4-28-21(26)18-19(23(2,3)29-22(18)27)17(14-8-6-5-7-9-14)20(25)15-10-12-16(24)13-11-15/h5-13,17-19H,4H2,1-3H3/t17-,18-,19-/m1/s1. The van der Waals surface area contributed by atoms with Crippen molar-refractivity contribution in [3.05, 3.63) is 70.7 Å². The van der Waals surface area contributed by atoms with Gasteiger partial charge in [-0.2, -0.15) is 0 Å². The summed E-state index contributed by atoms with van der Waals surface area (Å²) in [7, 11) is 0. The second-order valence-corrected chi connectivity index (χ2v) is 7.98. The normalized spacial score (nSPS) is 21.3. The summed E-state index contributed by atoms with van der Waals surface area (Å²) in [5.41, 5.74) is 0.121. The summed E-state index contributed by atoms with van der Waals surface area (Å²) >= 11 is 5.97. The molecule has 2 aromatic carbocycles. The van der Waals surface area contributed by atoms with Crippen LogP contribution in [0.15, 0.2) is 54.6 Å². The van der Waals surface area contributed by atoms with Crippen molar-refractivity contribution in [1.29, 1.82) is 0 Å². The number of ether oxygens (including phenoxy) is 2. The predicted molar refractivity (Wildman–Crippen MR) is 109 cm³/mol. The van der Waals surface area contributed by atoms with Crippen LogP contribution in [0.4, 0.5) is 0 Å². The van der Waals surface area contributed by atoms with E-state index >= 15 is 0 Å². The molecule has 152 valence electrons. The average Bonchev–Trinajstić information content (AvgIpc) is 2.92. The fourth-order valence-corrected chi connectivity index (χ4v) is 4.11. The second kappa shape index (κ2) is 8.37. The molecule has 0 spiro atoms. The molecule has 0 radical (unpaired) electrons. The maximum Gasteiger partial charge on any atom is 0.321 e. The lowest BCUT2D eigenvalue weighted by Gasteiger charge is -2.33. The second-order valence-electron chi connectivity index (χ2n) is 7.54. The maximum atomic E-state index is 13.6. The van der Waals surface area contributed by atoms with Gasteiger partial charge < -0.3 is 9.47 Å². The highest BCUT2D eigenvalue weighted by molar-refractivity contribution is 6.30. The lowest BCUT2D eigenvalue weighted by atomic mass is 9.69. The Morgan fingerprint density at radius 3 is 2.31 bits per heavy atom. The van der Waals surface area contributed by atoms with Crippen molar-refractivity contribution in [3.63, 3.8) is 0 Å². The van der Waals surface area contributed by atoms with E-state index in [-0.39, 0.29) is 12.4 Å². The minimum Gasteiger partial charge on any atom is -0.465 e. The fourth-order valence-electron chi connectivity index (χ4n) is 3.98. The monoisotopic (exact) mass is 414 g/mol. The fraction of sp³-hybridized carbons (Fsp3) is 0.348. The van der Waals surface area contributed by atoms with Crippen LogP contribution in [0.1, 0.15) is 42.6 Å². The molecule has 0 aliphatic carbocycles. The molecule has 3 atom stereocenters. The first-order valence-corrected chi connectivity index (χ1v) is 9.88. The molecule has 6 heteroatoms. The molecule has 0 aromatic heterocycles. The molecule has 0 saturated carbocycles. The van der Waals surface area contributed by atoms with Crippen LogP contribution in [0.3, 0.4) is 0 Å². The zero-order valence-electron chi connectivity index (χ0n) is 16.6. The van der Waals surface area contributed by atoms with Gasteiger partial charge in [0.25, 0.3) is 0 Å². The number of carbonyl (C=O) groups excluding carboxylic acids is 3. The molecule has 0 N–H and O–H groups in total. The molecule has 1 aliphatic rings. The topological polar surface area (TPSA) is 69.7 Å². The van der Waals surface area contributed by atoms with Gasteiger partial charge in [-0.1, -0.05) is 41.9 Å². The molecule has 0 bridgehead atoms. The van der Waals surface area contributed by atoms with E-state index in [0.717, 1.165) is 0 Å². The maximum absolute atomic E-state index is 13.6. The molecule has 1 saturated heterocycles. The number of ketones is 1. The van der Waals surface area contributed by atoms with Crippen molar-refractivity contribution in [2.24, 2.45) is 11.8 Å². The smallest absolute Gasteiger partial charge is 0.321 e. The predicted octanol–water partition coefficient (Wildman–Crippen LogP) is 4.44. The highest BCUT2D eigenvalue weighted by atomic mass is 35.5. The lowest BCUT2D eigenvalue weighted by Crippen LogP contribution is -2.41. The highest BCUT2D eigenvalue weighted by Gasteiger charge is 2.58. The number of carbonyl (C=O) groups is 3. The Labute approximate surface area is 175 Å². The molecule has 0 unspecified atom stereocenters. The third-order valence-electron chi connectivity index (χ3n) is 5.25. The van der Waals surface area contributed by atoms with E-state index in [2.05, 4.69) is 0 Å². The zero-order chi connectivity index (χ0) is 21.2. The zero-order valence-corrected chi connectivity index (χ0v) is 17.3. The van der Waals surface area contributed by atoms with E-state index in [0.29, 0.717) is 16.1 Å². The number of rotatable bonds is 6. The van der Waals surface area contributed by atoms with E-state index in [1.165, 1.54) is 0 Å². The Hall–Kier alpha value is -2.66. The van der Waals surface area contributed by atoms with Gasteiger partial charge in [-0.15, -0.1) is 0 Å². The molecule has 1 heterocycles.